The number of aromatic nitrogens is 2. The fraction of sp³-hybridized carbons (Fsp3) is 0.102. The van der Waals surface area contributed by atoms with Gasteiger partial charge in [0.2, 0.25) is 0 Å². The van der Waals surface area contributed by atoms with Crippen LogP contribution in [0.3, 0.4) is 0 Å². The standard InChI is InChI=1S/C49H42N2O2/c1-9-37-31(4)43(50(5)42(37)10-2)23-15-30(3)32-16-21-38-35(27-32)19-25-46(52-7)48(38)49-39-22-17-33(28-36(39)20-26-47(49)53-8)34-18-24-45-41(29-34)40-13-11-12-14-44(40)51(45)6/h9-29H,1-2,4H2,3,5-8H3/b30-15+,43-23+. The highest BCUT2D eigenvalue weighted by Crippen LogP contribution is 2.46. The Hall–Kier alpha value is -6.52. The van der Waals surface area contributed by atoms with Crippen LogP contribution in [0.25, 0.3) is 96.0 Å². The van der Waals surface area contributed by atoms with E-state index in [4.69, 9.17) is 9.47 Å². The highest BCUT2D eigenvalue weighted by Gasteiger charge is 2.19. The van der Waals surface area contributed by atoms with Crippen LogP contribution in [-0.4, -0.2) is 23.4 Å². The monoisotopic (exact) mass is 690 g/mol. The van der Waals surface area contributed by atoms with Gasteiger partial charge in [-0.1, -0.05) is 92.6 Å². The quantitative estimate of drug-likeness (QED) is 0.159. The Kier molecular flexibility index (Phi) is 8.39. The van der Waals surface area contributed by atoms with E-state index in [1.165, 1.54) is 32.9 Å². The van der Waals surface area contributed by atoms with E-state index in [1.54, 1.807) is 14.2 Å². The molecule has 0 unspecified atom stereocenters. The Morgan fingerprint density at radius 1 is 0.623 bits per heavy atom. The minimum Gasteiger partial charge on any atom is -0.496 e. The predicted molar refractivity (Wildman–Crippen MR) is 228 cm³/mol. The van der Waals surface area contributed by atoms with Crippen molar-refractivity contribution in [3.05, 3.63) is 150 Å². The van der Waals surface area contributed by atoms with Crippen LogP contribution in [0.2, 0.25) is 0 Å². The van der Waals surface area contributed by atoms with Crippen molar-refractivity contribution in [2.24, 2.45) is 14.1 Å². The lowest BCUT2D eigenvalue weighted by Gasteiger charge is -2.18. The predicted octanol–water partition coefficient (Wildman–Crippen LogP) is 10.9. The Morgan fingerprint density at radius 2 is 1.25 bits per heavy atom. The third kappa shape index (κ3) is 5.37. The molecule has 0 spiro atoms. The summed E-state index contributed by atoms with van der Waals surface area (Å²) in [6.45, 7) is 14.4. The SMILES string of the molecule is C=Cc1c(C=C)n(C)/c(=C/C=C(\C)c2ccc3c(-c4c(OC)ccc5cc(-c6ccc7c(c6)c6ccccc6n7C)ccc45)c(OC)ccc3c2)c1=C. The molecule has 0 amide bonds. The molecule has 0 aliphatic carbocycles. The molecular formula is C49H42N2O2. The van der Waals surface area contributed by atoms with E-state index in [-0.39, 0.29) is 0 Å². The fourth-order valence-electron chi connectivity index (χ4n) is 8.04. The molecule has 8 aromatic rings. The lowest BCUT2D eigenvalue weighted by atomic mass is 9.90. The second kappa shape index (κ2) is 13.2. The van der Waals surface area contributed by atoms with E-state index < -0.39 is 0 Å². The molecule has 0 aliphatic heterocycles. The summed E-state index contributed by atoms with van der Waals surface area (Å²) in [7, 11) is 7.64. The van der Waals surface area contributed by atoms with Crippen molar-refractivity contribution in [3.63, 3.8) is 0 Å². The third-order valence-corrected chi connectivity index (χ3v) is 10.9. The van der Waals surface area contributed by atoms with Crippen LogP contribution < -0.4 is 20.0 Å². The topological polar surface area (TPSA) is 28.3 Å². The number of aryl methyl sites for hydroxylation is 1. The van der Waals surface area contributed by atoms with Crippen LogP contribution >= 0.6 is 0 Å². The van der Waals surface area contributed by atoms with Gasteiger partial charge >= 0.3 is 0 Å². The van der Waals surface area contributed by atoms with Gasteiger partial charge in [-0.05, 0) is 105 Å². The van der Waals surface area contributed by atoms with Crippen LogP contribution in [0.5, 0.6) is 11.5 Å². The van der Waals surface area contributed by atoms with Gasteiger partial charge in [0.15, 0.2) is 0 Å². The molecule has 4 nitrogen and oxygen atoms in total. The summed E-state index contributed by atoms with van der Waals surface area (Å²) in [6, 6.07) is 37.1. The molecule has 4 heteroatoms. The normalized spacial score (nSPS) is 12.3. The second-order valence-electron chi connectivity index (χ2n) is 13.6. The zero-order valence-electron chi connectivity index (χ0n) is 31.0. The first-order valence-electron chi connectivity index (χ1n) is 17.8. The first-order valence-corrected chi connectivity index (χ1v) is 17.8. The summed E-state index contributed by atoms with van der Waals surface area (Å²) in [5.41, 5.74) is 11.1. The molecule has 2 heterocycles. The Bertz CT molecular complexity index is 2950. The van der Waals surface area contributed by atoms with Gasteiger partial charge in [0, 0.05) is 68.9 Å². The molecule has 0 atom stereocenters. The Morgan fingerprint density at radius 3 is 1.91 bits per heavy atom. The summed E-state index contributed by atoms with van der Waals surface area (Å²) in [6.07, 6.45) is 7.97. The number of benzene rings is 6. The molecule has 0 aliphatic rings. The van der Waals surface area contributed by atoms with Gasteiger partial charge in [0.05, 0.1) is 14.2 Å². The van der Waals surface area contributed by atoms with Crippen LogP contribution in [0.4, 0.5) is 0 Å². The van der Waals surface area contributed by atoms with Crippen LogP contribution in [0, 0.1) is 0 Å². The van der Waals surface area contributed by atoms with Crippen molar-refractivity contribution in [1.29, 1.82) is 0 Å². The van der Waals surface area contributed by atoms with E-state index in [2.05, 4.69) is 158 Å². The van der Waals surface area contributed by atoms with E-state index >= 15 is 0 Å². The van der Waals surface area contributed by atoms with Gasteiger partial charge in [-0.2, -0.15) is 0 Å². The number of para-hydroxylation sites is 1. The number of ether oxygens (including phenoxy) is 2. The number of nitrogens with zero attached hydrogens (tertiary/aromatic N) is 2. The maximum absolute atomic E-state index is 6.05. The molecule has 0 saturated heterocycles. The van der Waals surface area contributed by atoms with Crippen molar-refractivity contribution < 1.29 is 9.47 Å². The van der Waals surface area contributed by atoms with Crippen molar-refractivity contribution in [2.45, 2.75) is 6.92 Å². The minimum atomic E-state index is 0.796. The van der Waals surface area contributed by atoms with Crippen molar-refractivity contribution in [1.82, 2.24) is 9.13 Å². The highest BCUT2D eigenvalue weighted by molar-refractivity contribution is 6.12. The molecule has 0 saturated carbocycles. The summed E-state index contributed by atoms with van der Waals surface area (Å²) >= 11 is 0. The molecule has 0 N–H and O–H groups in total. The van der Waals surface area contributed by atoms with E-state index in [0.29, 0.717) is 0 Å². The average molecular weight is 691 g/mol. The largest absolute Gasteiger partial charge is 0.496 e. The molecule has 260 valence electrons. The maximum Gasteiger partial charge on any atom is 0.127 e. The number of rotatable bonds is 8. The summed E-state index contributed by atoms with van der Waals surface area (Å²) in [4.78, 5) is 0. The van der Waals surface area contributed by atoms with Crippen molar-refractivity contribution in [3.8, 4) is 33.8 Å². The fourth-order valence-corrected chi connectivity index (χ4v) is 8.04. The van der Waals surface area contributed by atoms with Crippen LogP contribution in [-0.2, 0) is 14.1 Å². The highest BCUT2D eigenvalue weighted by atomic mass is 16.5. The van der Waals surface area contributed by atoms with E-state index in [1.807, 2.05) is 19.2 Å². The zero-order chi connectivity index (χ0) is 37.0. The average Bonchev–Trinajstić information content (AvgIpc) is 3.62. The number of hydrogen-bond donors (Lipinski definition) is 0. The number of hydrogen-bond acceptors (Lipinski definition) is 2. The van der Waals surface area contributed by atoms with Gasteiger partial charge in [-0.3, -0.25) is 0 Å². The molecule has 8 rings (SSSR count). The van der Waals surface area contributed by atoms with Gasteiger partial charge < -0.3 is 18.6 Å². The molecule has 0 radical (unpaired) electrons. The third-order valence-electron chi connectivity index (χ3n) is 10.9. The summed E-state index contributed by atoms with van der Waals surface area (Å²) in [5, 5.41) is 8.94. The van der Waals surface area contributed by atoms with Gasteiger partial charge in [-0.15, -0.1) is 0 Å². The molecule has 6 aromatic carbocycles. The molecule has 0 bridgehead atoms. The van der Waals surface area contributed by atoms with Crippen molar-refractivity contribution >= 4 is 73.7 Å². The van der Waals surface area contributed by atoms with Crippen LogP contribution in [0.1, 0.15) is 23.7 Å². The smallest absolute Gasteiger partial charge is 0.127 e. The van der Waals surface area contributed by atoms with Gasteiger partial charge in [-0.25, -0.2) is 0 Å². The first kappa shape index (κ1) is 33.6. The molecule has 53 heavy (non-hydrogen) atoms. The first-order chi connectivity index (χ1) is 25.8. The van der Waals surface area contributed by atoms with Gasteiger partial charge in [0.1, 0.15) is 11.5 Å². The minimum absolute atomic E-state index is 0.796. The zero-order valence-corrected chi connectivity index (χ0v) is 31.0. The van der Waals surface area contributed by atoms with Crippen LogP contribution in [0.15, 0.2) is 122 Å². The maximum atomic E-state index is 6.05. The summed E-state index contributed by atoms with van der Waals surface area (Å²) in [5.74, 6) is 1.59. The molecular weight excluding hydrogens is 649 g/mol. The second-order valence-corrected chi connectivity index (χ2v) is 13.6. The van der Waals surface area contributed by atoms with E-state index in [0.717, 1.165) is 77.1 Å². The number of methoxy groups -OCH3 is 2. The summed E-state index contributed by atoms with van der Waals surface area (Å²) < 4.78 is 16.5. The van der Waals surface area contributed by atoms with Gasteiger partial charge in [0.25, 0.3) is 0 Å². The molecule has 2 aromatic heterocycles. The molecule has 0 fully saturated rings. The Labute approximate surface area is 310 Å². The lowest BCUT2D eigenvalue weighted by Crippen LogP contribution is -2.27. The number of allylic oxidation sites excluding steroid dienone is 2. The Balaban J connectivity index is 1.25. The van der Waals surface area contributed by atoms with Crippen molar-refractivity contribution in [2.75, 3.05) is 14.2 Å². The number of fused-ring (bicyclic) bond motifs is 5. The lowest BCUT2D eigenvalue weighted by molar-refractivity contribution is 0.411. The van der Waals surface area contributed by atoms with E-state index in [9.17, 15) is 0 Å².